The zero-order valence-corrected chi connectivity index (χ0v) is 10.5. The van der Waals surface area contributed by atoms with Crippen molar-refractivity contribution >= 4 is 11.8 Å². The van der Waals surface area contributed by atoms with Crippen molar-refractivity contribution < 1.29 is 19.1 Å². The van der Waals surface area contributed by atoms with E-state index in [0.717, 1.165) is 0 Å². The predicted molar refractivity (Wildman–Crippen MR) is 63.5 cm³/mol. The number of imide groups is 1. The van der Waals surface area contributed by atoms with Gasteiger partial charge in [0.1, 0.15) is 0 Å². The van der Waals surface area contributed by atoms with Gasteiger partial charge in [-0.25, -0.2) is 0 Å². The van der Waals surface area contributed by atoms with Crippen molar-refractivity contribution in [2.45, 2.75) is 31.6 Å². The summed E-state index contributed by atoms with van der Waals surface area (Å²) in [5, 5.41) is 2.32. The molecule has 2 rings (SSSR count). The fraction of sp³-hybridized carbons (Fsp3) is 0.667. The molecule has 6 nitrogen and oxygen atoms in total. The molecule has 0 spiro atoms. The van der Waals surface area contributed by atoms with Gasteiger partial charge in [-0.2, -0.15) is 0 Å². The normalized spacial score (nSPS) is 36.5. The number of amides is 2. The van der Waals surface area contributed by atoms with Crippen LogP contribution in [0.1, 0.15) is 13.3 Å². The molecular formula is C12H18N2O4. The molecule has 1 fully saturated rings. The van der Waals surface area contributed by atoms with Gasteiger partial charge >= 0.3 is 0 Å². The van der Waals surface area contributed by atoms with Crippen molar-refractivity contribution in [2.24, 2.45) is 11.7 Å². The summed E-state index contributed by atoms with van der Waals surface area (Å²) in [6, 6.07) is -0.144. The summed E-state index contributed by atoms with van der Waals surface area (Å²) >= 11 is 0. The molecule has 18 heavy (non-hydrogen) atoms. The number of nitrogens with two attached hydrogens (primary N) is 1. The summed E-state index contributed by atoms with van der Waals surface area (Å²) in [5.41, 5.74) is 6.48. The van der Waals surface area contributed by atoms with Gasteiger partial charge in [0.2, 0.25) is 5.91 Å². The molecule has 0 aliphatic carbocycles. The number of hydrogen-bond donors (Lipinski definition) is 2. The number of ether oxygens (including phenoxy) is 2. The first-order chi connectivity index (χ1) is 8.52. The zero-order chi connectivity index (χ0) is 13.3. The van der Waals surface area contributed by atoms with Gasteiger partial charge in [-0.15, -0.1) is 0 Å². The summed E-state index contributed by atoms with van der Waals surface area (Å²) < 4.78 is 10.8. The second-order valence-corrected chi connectivity index (χ2v) is 4.76. The Labute approximate surface area is 105 Å². The highest BCUT2D eigenvalue weighted by molar-refractivity contribution is 6.08. The molecule has 0 saturated carbocycles. The Morgan fingerprint density at radius 1 is 1.56 bits per heavy atom. The molecule has 3 N–H and O–H groups in total. The van der Waals surface area contributed by atoms with E-state index in [9.17, 15) is 9.59 Å². The van der Waals surface area contributed by atoms with Crippen LogP contribution < -0.4 is 11.1 Å². The van der Waals surface area contributed by atoms with Gasteiger partial charge in [0.15, 0.2) is 0 Å². The average Bonchev–Trinajstić information content (AvgIpc) is 2.66. The van der Waals surface area contributed by atoms with Crippen molar-refractivity contribution in [1.82, 2.24) is 5.32 Å². The van der Waals surface area contributed by atoms with Gasteiger partial charge in [0, 0.05) is 18.7 Å². The Balaban J connectivity index is 2.09. The minimum Gasteiger partial charge on any atom is -0.382 e. The first-order valence-electron chi connectivity index (χ1n) is 5.96. The number of hydrogen-bond acceptors (Lipinski definition) is 5. The van der Waals surface area contributed by atoms with Gasteiger partial charge in [0.05, 0.1) is 24.7 Å². The number of carbonyl (C=O) groups excluding carboxylic acids is 2. The number of rotatable bonds is 3. The minimum absolute atomic E-state index is 0.144. The third-order valence-electron chi connectivity index (χ3n) is 3.39. The lowest BCUT2D eigenvalue weighted by molar-refractivity contribution is -0.134. The van der Waals surface area contributed by atoms with E-state index in [4.69, 9.17) is 15.2 Å². The van der Waals surface area contributed by atoms with Crippen LogP contribution in [0.25, 0.3) is 0 Å². The van der Waals surface area contributed by atoms with Crippen LogP contribution in [0.5, 0.6) is 0 Å². The monoisotopic (exact) mass is 254 g/mol. The Kier molecular flexibility index (Phi) is 3.79. The molecule has 0 radical (unpaired) electrons. The van der Waals surface area contributed by atoms with Crippen LogP contribution in [0.3, 0.4) is 0 Å². The molecule has 0 aromatic carbocycles. The lowest BCUT2D eigenvalue weighted by Gasteiger charge is -2.23. The molecule has 0 aromatic heterocycles. The smallest absolute Gasteiger partial charge is 0.253 e. The SMILES string of the molecule is COC[C@H]1O[C@@H](C2C=C(C)C(=O)NC2=O)CC1N. The average molecular weight is 254 g/mol. The third kappa shape index (κ3) is 2.45. The lowest BCUT2D eigenvalue weighted by Crippen LogP contribution is -2.44. The number of methoxy groups -OCH3 is 1. The van der Waals surface area contributed by atoms with Crippen molar-refractivity contribution in [1.29, 1.82) is 0 Å². The first kappa shape index (κ1) is 13.2. The van der Waals surface area contributed by atoms with E-state index >= 15 is 0 Å². The molecule has 2 heterocycles. The maximum absolute atomic E-state index is 11.8. The van der Waals surface area contributed by atoms with Crippen molar-refractivity contribution in [2.75, 3.05) is 13.7 Å². The predicted octanol–water partition coefficient (Wildman–Crippen LogP) is -0.663. The molecular weight excluding hydrogens is 236 g/mol. The molecule has 2 amide bonds. The van der Waals surface area contributed by atoms with Crippen LogP contribution in [-0.4, -0.2) is 43.8 Å². The molecule has 6 heteroatoms. The van der Waals surface area contributed by atoms with Crippen molar-refractivity contribution in [3.8, 4) is 0 Å². The summed E-state index contributed by atoms with van der Waals surface area (Å²) in [6.45, 7) is 2.09. The van der Waals surface area contributed by atoms with E-state index in [1.165, 1.54) is 0 Å². The maximum Gasteiger partial charge on any atom is 0.253 e. The van der Waals surface area contributed by atoms with Crippen LogP contribution in [0.2, 0.25) is 0 Å². The topological polar surface area (TPSA) is 90.6 Å². The largest absolute Gasteiger partial charge is 0.382 e. The van der Waals surface area contributed by atoms with E-state index in [1.807, 2.05) is 0 Å². The van der Waals surface area contributed by atoms with Crippen LogP contribution in [-0.2, 0) is 19.1 Å². The van der Waals surface area contributed by atoms with E-state index < -0.39 is 5.92 Å². The molecule has 1 saturated heterocycles. The first-order valence-corrected chi connectivity index (χ1v) is 5.96. The van der Waals surface area contributed by atoms with Gasteiger partial charge < -0.3 is 15.2 Å². The van der Waals surface area contributed by atoms with E-state index in [0.29, 0.717) is 18.6 Å². The van der Waals surface area contributed by atoms with E-state index in [2.05, 4.69) is 5.32 Å². The van der Waals surface area contributed by atoms with Crippen LogP contribution in [0.4, 0.5) is 0 Å². The highest BCUT2D eigenvalue weighted by Gasteiger charge is 2.41. The Morgan fingerprint density at radius 3 is 2.94 bits per heavy atom. The van der Waals surface area contributed by atoms with Gasteiger partial charge in [-0.05, 0) is 13.3 Å². The zero-order valence-electron chi connectivity index (χ0n) is 10.5. The molecule has 100 valence electrons. The highest BCUT2D eigenvalue weighted by atomic mass is 16.5. The van der Waals surface area contributed by atoms with Gasteiger partial charge in [-0.1, -0.05) is 6.08 Å². The molecule has 2 aliphatic rings. The van der Waals surface area contributed by atoms with Crippen molar-refractivity contribution in [3.63, 3.8) is 0 Å². The van der Waals surface area contributed by atoms with Crippen molar-refractivity contribution in [3.05, 3.63) is 11.6 Å². The summed E-state index contributed by atoms with van der Waals surface area (Å²) in [4.78, 5) is 23.1. The standard InChI is InChI=1S/C12H18N2O4/c1-6-3-7(12(16)14-11(6)15)9-4-8(13)10(18-9)5-17-2/h3,7-10H,4-5,13H2,1-2H3,(H,14,15,16)/t7?,8?,9-,10-/m1/s1. The number of carbonyl (C=O) groups is 2. The van der Waals surface area contributed by atoms with Crippen LogP contribution in [0.15, 0.2) is 11.6 Å². The van der Waals surface area contributed by atoms with E-state index in [1.54, 1.807) is 20.1 Å². The molecule has 2 aliphatic heterocycles. The van der Waals surface area contributed by atoms with Gasteiger partial charge in [0.25, 0.3) is 5.91 Å². The summed E-state index contributed by atoms with van der Waals surface area (Å²) in [6.07, 6.45) is 1.76. The Bertz CT molecular complexity index is 394. The fourth-order valence-corrected chi connectivity index (χ4v) is 2.35. The second-order valence-electron chi connectivity index (χ2n) is 4.76. The summed E-state index contributed by atoms with van der Waals surface area (Å²) in [7, 11) is 1.58. The Hall–Kier alpha value is -1.24. The molecule has 0 aromatic rings. The fourth-order valence-electron chi connectivity index (χ4n) is 2.35. The third-order valence-corrected chi connectivity index (χ3v) is 3.39. The molecule has 0 bridgehead atoms. The quantitative estimate of drug-likeness (QED) is 0.652. The molecule has 4 atom stereocenters. The number of nitrogens with one attached hydrogen (secondary N) is 1. The summed E-state index contributed by atoms with van der Waals surface area (Å²) in [5.74, 6) is -1.11. The lowest BCUT2D eigenvalue weighted by atomic mass is 9.92. The Morgan fingerprint density at radius 2 is 2.28 bits per heavy atom. The maximum atomic E-state index is 11.8. The minimum atomic E-state index is -0.449. The van der Waals surface area contributed by atoms with Crippen LogP contribution in [0, 0.1) is 5.92 Å². The van der Waals surface area contributed by atoms with E-state index in [-0.39, 0.29) is 30.1 Å². The highest BCUT2D eigenvalue weighted by Crippen LogP contribution is 2.28. The van der Waals surface area contributed by atoms with Gasteiger partial charge in [-0.3, -0.25) is 14.9 Å². The molecule has 2 unspecified atom stereocenters. The van der Waals surface area contributed by atoms with Crippen LogP contribution >= 0.6 is 0 Å². The second kappa shape index (κ2) is 5.17.